The van der Waals surface area contributed by atoms with Crippen molar-refractivity contribution in [1.29, 1.82) is 0 Å². The zero-order valence-corrected chi connectivity index (χ0v) is 9.35. The van der Waals surface area contributed by atoms with Crippen LogP contribution in [0.5, 0.6) is 0 Å². The average molecular weight is 224 g/mol. The van der Waals surface area contributed by atoms with Crippen molar-refractivity contribution < 1.29 is 14.4 Å². The van der Waals surface area contributed by atoms with Gasteiger partial charge in [-0.15, -0.1) is 0 Å². The monoisotopic (exact) mass is 224 g/mol. The minimum Gasteiger partial charge on any atom is -0.476 e. The van der Waals surface area contributed by atoms with Crippen molar-refractivity contribution in [2.75, 3.05) is 6.54 Å². The molecule has 0 aliphatic heterocycles. The van der Waals surface area contributed by atoms with Crippen LogP contribution in [0.25, 0.3) is 0 Å². The Morgan fingerprint density at radius 1 is 1.69 bits per heavy atom. The molecule has 1 aliphatic rings. The van der Waals surface area contributed by atoms with Crippen LogP contribution < -0.4 is 0 Å². The fraction of sp³-hybridized carbons (Fsp3) is 0.636. The van der Waals surface area contributed by atoms with Gasteiger partial charge < -0.3 is 9.63 Å². The molecule has 0 atom stereocenters. The molecule has 0 aromatic carbocycles. The number of carboxylic acids is 1. The number of nitrogens with zero attached hydrogens (tertiary/aromatic N) is 2. The molecule has 1 saturated carbocycles. The van der Waals surface area contributed by atoms with Gasteiger partial charge in [-0.3, -0.25) is 4.90 Å². The Bertz CT molecular complexity index is 371. The number of carboxylic acid groups (broad SMARTS) is 1. The zero-order chi connectivity index (χ0) is 11.5. The molecule has 1 aromatic rings. The van der Waals surface area contributed by atoms with Crippen molar-refractivity contribution in [3.05, 3.63) is 17.5 Å². The summed E-state index contributed by atoms with van der Waals surface area (Å²) in [5.41, 5.74) is -0.0118. The van der Waals surface area contributed by atoms with E-state index in [4.69, 9.17) is 9.63 Å². The van der Waals surface area contributed by atoms with E-state index in [1.807, 2.05) is 0 Å². The smallest absolute Gasteiger partial charge is 0.358 e. The second-order valence-electron chi connectivity index (χ2n) is 4.19. The Hall–Kier alpha value is -1.36. The summed E-state index contributed by atoms with van der Waals surface area (Å²) in [6.45, 7) is 3.82. The van der Waals surface area contributed by atoms with Crippen LogP contribution in [0.4, 0.5) is 0 Å². The lowest BCUT2D eigenvalue weighted by Gasteiger charge is -2.18. The number of aromatic nitrogens is 1. The van der Waals surface area contributed by atoms with Gasteiger partial charge in [0.15, 0.2) is 11.5 Å². The van der Waals surface area contributed by atoms with E-state index in [1.54, 1.807) is 0 Å². The highest BCUT2D eigenvalue weighted by Gasteiger charge is 2.29. The van der Waals surface area contributed by atoms with E-state index >= 15 is 0 Å². The molecule has 1 N–H and O–H groups in total. The van der Waals surface area contributed by atoms with Gasteiger partial charge in [0.1, 0.15) is 0 Å². The zero-order valence-electron chi connectivity index (χ0n) is 9.35. The maximum atomic E-state index is 10.6. The summed E-state index contributed by atoms with van der Waals surface area (Å²) in [7, 11) is 0. The molecule has 2 rings (SSSR count). The summed E-state index contributed by atoms with van der Waals surface area (Å²) in [5.74, 6) is -0.402. The summed E-state index contributed by atoms with van der Waals surface area (Å²) in [6, 6.07) is 2.16. The largest absolute Gasteiger partial charge is 0.476 e. The summed E-state index contributed by atoms with van der Waals surface area (Å²) in [5, 5.41) is 12.2. The van der Waals surface area contributed by atoms with E-state index in [1.165, 1.54) is 18.9 Å². The maximum Gasteiger partial charge on any atom is 0.358 e. The summed E-state index contributed by atoms with van der Waals surface area (Å²) >= 11 is 0. The van der Waals surface area contributed by atoms with E-state index in [0.29, 0.717) is 18.3 Å². The molecule has 16 heavy (non-hydrogen) atoms. The van der Waals surface area contributed by atoms with Crippen LogP contribution in [0.1, 0.15) is 42.4 Å². The lowest BCUT2D eigenvalue weighted by Crippen LogP contribution is -2.26. The number of hydrogen-bond donors (Lipinski definition) is 1. The highest BCUT2D eigenvalue weighted by molar-refractivity contribution is 5.85. The van der Waals surface area contributed by atoms with Gasteiger partial charge in [-0.05, 0) is 25.8 Å². The molecular weight excluding hydrogens is 208 g/mol. The van der Waals surface area contributed by atoms with Crippen molar-refractivity contribution in [2.45, 2.75) is 38.8 Å². The number of rotatable bonds is 6. The first kappa shape index (κ1) is 11.1. The number of aromatic carboxylic acids is 1. The van der Waals surface area contributed by atoms with Crippen molar-refractivity contribution in [1.82, 2.24) is 10.1 Å². The SMILES string of the molecule is CCCN(Cc1cc(C(=O)O)no1)C1CC1. The molecule has 0 unspecified atom stereocenters. The molecule has 5 nitrogen and oxygen atoms in total. The third-order valence-electron chi connectivity index (χ3n) is 2.71. The predicted molar refractivity (Wildman–Crippen MR) is 57.2 cm³/mol. The van der Waals surface area contributed by atoms with Crippen LogP contribution in [0.15, 0.2) is 10.6 Å². The van der Waals surface area contributed by atoms with E-state index in [2.05, 4.69) is 17.0 Å². The first-order valence-electron chi connectivity index (χ1n) is 5.63. The molecule has 88 valence electrons. The lowest BCUT2D eigenvalue weighted by molar-refractivity contribution is 0.0685. The van der Waals surface area contributed by atoms with Gasteiger partial charge >= 0.3 is 5.97 Å². The fourth-order valence-corrected chi connectivity index (χ4v) is 1.81. The quantitative estimate of drug-likeness (QED) is 0.797. The maximum absolute atomic E-state index is 10.6. The Morgan fingerprint density at radius 3 is 2.94 bits per heavy atom. The predicted octanol–water partition coefficient (Wildman–Crippen LogP) is 1.75. The normalized spacial score (nSPS) is 15.6. The van der Waals surface area contributed by atoms with E-state index in [9.17, 15) is 4.79 Å². The standard InChI is InChI=1S/C11H16N2O3/c1-2-5-13(8-3-4-8)7-9-6-10(11(14)15)12-16-9/h6,8H,2-5,7H2,1H3,(H,14,15). The molecule has 1 fully saturated rings. The van der Waals surface area contributed by atoms with Crippen LogP contribution in [0.3, 0.4) is 0 Å². The highest BCUT2D eigenvalue weighted by atomic mass is 16.5. The van der Waals surface area contributed by atoms with Crippen molar-refractivity contribution in [3.63, 3.8) is 0 Å². The van der Waals surface area contributed by atoms with Gasteiger partial charge in [-0.2, -0.15) is 0 Å². The second-order valence-corrected chi connectivity index (χ2v) is 4.19. The van der Waals surface area contributed by atoms with E-state index < -0.39 is 5.97 Å². The summed E-state index contributed by atoms with van der Waals surface area (Å²) in [6.07, 6.45) is 3.57. The first-order chi connectivity index (χ1) is 7.70. The summed E-state index contributed by atoms with van der Waals surface area (Å²) in [4.78, 5) is 13.0. The Balaban J connectivity index is 1.97. The minimum atomic E-state index is -1.04. The minimum absolute atomic E-state index is 0.0118. The molecular formula is C11H16N2O3. The van der Waals surface area contributed by atoms with Crippen molar-refractivity contribution >= 4 is 5.97 Å². The van der Waals surface area contributed by atoms with Crippen LogP contribution in [0.2, 0.25) is 0 Å². The Morgan fingerprint density at radius 2 is 2.44 bits per heavy atom. The van der Waals surface area contributed by atoms with Gasteiger partial charge in [-0.25, -0.2) is 4.79 Å². The number of hydrogen-bond acceptors (Lipinski definition) is 4. The van der Waals surface area contributed by atoms with Gasteiger partial charge in [0.05, 0.1) is 6.54 Å². The molecule has 5 heteroatoms. The van der Waals surface area contributed by atoms with E-state index in [-0.39, 0.29) is 5.69 Å². The third kappa shape index (κ3) is 2.61. The summed E-state index contributed by atoms with van der Waals surface area (Å²) < 4.78 is 5.01. The molecule has 0 amide bonds. The van der Waals surface area contributed by atoms with Crippen LogP contribution in [0, 0.1) is 0 Å². The molecule has 1 aromatic heterocycles. The third-order valence-corrected chi connectivity index (χ3v) is 2.71. The lowest BCUT2D eigenvalue weighted by atomic mass is 10.3. The van der Waals surface area contributed by atoms with Gasteiger partial charge in [0, 0.05) is 12.1 Å². The molecule has 0 saturated heterocycles. The van der Waals surface area contributed by atoms with Crippen LogP contribution in [-0.4, -0.2) is 33.7 Å². The highest BCUT2D eigenvalue weighted by Crippen LogP contribution is 2.28. The Kier molecular flexibility index (Phi) is 3.24. The van der Waals surface area contributed by atoms with E-state index in [0.717, 1.165) is 13.0 Å². The van der Waals surface area contributed by atoms with Crippen molar-refractivity contribution in [2.24, 2.45) is 0 Å². The van der Waals surface area contributed by atoms with Crippen molar-refractivity contribution in [3.8, 4) is 0 Å². The number of carbonyl (C=O) groups is 1. The van der Waals surface area contributed by atoms with Gasteiger partial charge in [-0.1, -0.05) is 12.1 Å². The average Bonchev–Trinajstić information content (AvgIpc) is 2.98. The van der Waals surface area contributed by atoms with Gasteiger partial charge in [0.2, 0.25) is 0 Å². The van der Waals surface area contributed by atoms with Crippen LogP contribution in [-0.2, 0) is 6.54 Å². The fourth-order valence-electron chi connectivity index (χ4n) is 1.81. The molecule has 0 spiro atoms. The topological polar surface area (TPSA) is 66.6 Å². The van der Waals surface area contributed by atoms with Gasteiger partial charge in [0.25, 0.3) is 0 Å². The first-order valence-corrected chi connectivity index (χ1v) is 5.63. The molecule has 1 heterocycles. The molecule has 0 radical (unpaired) electrons. The second kappa shape index (κ2) is 4.65. The van der Waals surface area contributed by atoms with Crippen LogP contribution >= 0.6 is 0 Å². The molecule has 1 aliphatic carbocycles. The Labute approximate surface area is 94.0 Å². The molecule has 0 bridgehead atoms.